The standard InChI is InChI=1S/C11H13N2O/c12-11(14)10-7-13-6-5-8-3-1-2-4-9(8)10/h2-4,10,13H,5-7H2,(H2,12,14). The van der Waals surface area contributed by atoms with Gasteiger partial charge in [0, 0.05) is 6.54 Å². The van der Waals surface area contributed by atoms with Crippen LogP contribution in [-0.4, -0.2) is 19.0 Å². The van der Waals surface area contributed by atoms with E-state index in [9.17, 15) is 4.79 Å². The molecule has 1 aromatic rings. The number of hydrogen-bond acceptors (Lipinski definition) is 2. The maximum Gasteiger partial charge on any atom is 0.226 e. The van der Waals surface area contributed by atoms with Crippen molar-refractivity contribution in [1.29, 1.82) is 0 Å². The molecule has 0 aliphatic carbocycles. The van der Waals surface area contributed by atoms with E-state index >= 15 is 0 Å². The number of nitrogens with one attached hydrogen (secondary N) is 1. The van der Waals surface area contributed by atoms with Crippen LogP contribution in [0.25, 0.3) is 0 Å². The minimum Gasteiger partial charge on any atom is -0.369 e. The van der Waals surface area contributed by atoms with E-state index in [2.05, 4.69) is 11.4 Å². The molecule has 3 nitrogen and oxygen atoms in total. The van der Waals surface area contributed by atoms with Crippen LogP contribution in [0.1, 0.15) is 17.0 Å². The van der Waals surface area contributed by atoms with Gasteiger partial charge in [0.15, 0.2) is 0 Å². The molecule has 0 fully saturated rings. The van der Waals surface area contributed by atoms with Gasteiger partial charge in [0.2, 0.25) is 5.91 Å². The number of primary amides is 1. The van der Waals surface area contributed by atoms with Crippen molar-refractivity contribution in [2.45, 2.75) is 12.3 Å². The lowest BCUT2D eigenvalue weighted by atomic mass is 9.93. The van der Waals surface area contributed by atoms with Crippen molar-refractivity contribution in [2.75, 3.05) is 13.1 Å². The van der Waals surface area contributed by atoms with Gasteiger partial charge >= 0.3 is 0 Å². The Balaban J connectivity index is 2.42. The zero-order valence-corrected chi connectivity index (χ0v) is 7.92. The number of carbonyl (C=O) groups is 1. The highest BCUT2D eigenvalue weighted by molar-refractivity contribution is 5.82. The van der Waals surface area contributed by atoms with E-state index in [1.807, 2.05) is 18.2 Å². The second-order valence-electron chi connectivity index (χ2n) is 3.53. The normalized spacial score (nSPS) is 21.0. The number of amides is 1. The zero-order valence-electron chi connectivity index (χ0n) is 7.92. The minimum atomic E-state index is -0.258. The first-order chi connectivity index (χ1) is 6.79. The summed E-state index contributed by atoms with van der Waals surface area (Å²) in [6, 6.07) is 8.75. The Morgan fingerprint density at radius 3 is 3.29 bits per heavy atom. The third-order valence-corrected chi connectivity index (χ3v) is 2.63. The van der Waals surface area contributed by atoms with Crippen molar-refractivity contribution in [2.24, 2.45) is 5.73 Å². The van der Waals surface area contributed by atoms with Crippen LogP contribution in [0.2, 0.25) is 0 Å². The lowest BCUT2D eigenvalue weighted by Gasteiger charge is -2.13. The van der Waals surface area contributed by atoms with Crippen LogP contribution in [0, 0.1) is 6.07 Å². The molecule has 73 valence electrons. The Morgan fingerprint density at radius 2 is 2.50 bits per heavy atom. The minimum absolute atomic E-state index is 0.193. The predicted octanol–water partition coefficient (Wildman–Crippen LogP) is 0.201. The number of carbonyl (C=O) groups excluding carboxylic acids is 1. The van der Waals surface area contributed by atoms with Gasteiger partial charge in [-0.25, -0.2) is 0 Å². The zero-order chi connectivity index (χ0) is 9.97. The van der Waals surface area contributed by atoms with Gasteiger partial charge in [-0.3, -0.25) is 4.79 Å². The van der Waals surface area contributed by atoms with Crippen LogP contribution in [0.4, 0.5) is 0 Å². The van der Waals surface area contributed by atoms with E-state index in [4.69, 9.17) is 5.73 Å². The molecule has 1 aromatic carbocycles. The number of fused-ring (bicyclic) bond motifs is 1. The van der Waals surface area contributed by atoms with Crippen molar-refractivity contribution in [1.82, 2.24) is 5.32 Å². The summed E-state index contributed by atoms with van der Waals surface area (Å²) in [6.07, 6.45) is 0.941. The summed E-state index contributed by atoms with van der Waals surface area (Å²) < 4.78 is 0. The Morgan fingerprint density at radius 1 is 1.64 bits per heavy atom. The second-order valence-corrected chi connectivity index (χ2v) is 3.53. The second kappa shape index (κ2) is 3.80. The Labute approximate surface area is 83.3 Å². The molecule has 0 saturated heterocycles. The van der Waals surface area contributed by atoms with E-state index in [0.717, 1.165) is 18.5 Å². The first-order valence-electron chi connectivity index (χ1n) is 4.78. The van der Waals surface area contributed by atoms with Gasteiger partial charge in [-0.1, -0.05) is 18.2 Å². The molecule has 1 heterocycles. The van der Waals surface area contributed by atoms with Gasteiger partial charge in [-0.05, 0) is 30.2 Å². The van der Waals surface area contributed by atoms with Gasteiger partial charge in [0.25, 0.3) is 0 Å². The Hall–Kier alpha value is -1.35. The fourth-order valence-electron chi connectivity index (χ4n) is 1.87. The quantitative estimate of drug-likeness (QED) is 0.663. The van der Waals surface area contributed by atoms with E-state index < -0.39 is 0 Å². The van der Waals surface area contributed by atoms with Gasteiger partial charge in [-0.15, -0.1) is 0 Å². The molecule has 1 radical (unpaired) electrons. The molecule has 3 N–H and O–H groups in total. The van der Waals surface area contributed by atoms with Gasteiger partial charge in [0.05, 0.1) is 5.92 Å². The summed E-state index contributed by atoms with van der Waals surface area (Å²) in [5.41, 5.74) is 7.60. The van der Waals surface area contributed by atoms with E-state index in [-0.39, 0.29) is 11.8 Å². The fraction of sp³-hybridized carbons (Fsp3) is 0.364. The molecule has 14 heavy (non-hydrogen) atoms. The predicted molar refractivity (Wildman–Crippen MR) is 53.8 cm³/mol. The van der Waals surface area contributed by atoms with Crippen LogP contribution in [0.15, 0.2) is 18.2 Å². The Bertz CT molecular complexity index is 349. The number of benzene rings is 1. The average Bonchev–Trinajstić information content (AvgIpc) is 2.39. The van der Waals surface area contributed by atoms with Crippen LogP contribution in [0.3, 0.4) is 0 Å². The van der Waals surface area contributed by atoms with Gasteiger partial charge < -0.3 is 11.1 Å². The lowest BCUT2D eigenvalue weighted by Crippen LogP contribution is -2.30. The summed E-state index contributed by atoms with van der Waals surface area (Å²) in [5.74, 6) is -0.450. The molecule has 0 saturated carbocycles. The van der Waals surface area contributed by atoms with Crippen molar-refractivity contribution >= 4 is 5.91 Å². The SMILES string of the molecule is NC(=O)C1CNCCc2c[c]ccc21. The van der Waals surface area contributed by atoms with Gasteiger partial charge in [-0.2, -0.15) is 0 Å². The van der Waals surface area contributed by atoms with E-state index in [1.165, 1.54) is 5.56 Å². The highest BCUT2D eigenvalue weighted by atomic mass is 16.1. The molecule has 1 atom stereocenters. The molecular weight excluding hydrogens is 176 g/mol. The molecule has 1 aliphatic heterocycles. The summed E-state index contributed by atoms with van der Waals surface area (Å²) in [6.45, 7) is 1.54. The van der Waals surface area contributed by atoms with Crippen molar-refractivity contribution < 1.29 is 4.79 Å². The average molecular weight is 189 g/mol. The van der Waals surface area contributed by atoms with Crippen LogP contribution < -0.4 is 11.1 Å². The molecule has 0 aromatic heterocycles. The maximum absolute atomic E-state index is 11.2. The molecule has 1 amide bonds. The van der Waals surface area contributed by atoms with Crippen molar-refractivity contribution in [3.8, 4) is 0 Å². The topological polar surface area (TPSA) is 55.1 Å². The fourth-order valence-corrected chi connectivity index (χ4v) is 1.87. The highest BCUT2D eigenvalue weighted by Crippen LogP contribution is 2.21. The molecule has 1 aliphatic rings. The monoisotopic (exact) mass is 189 g/mol. The van der Waals surface area contributed by atoms with Gasteiger partial charge in [0.1, 0.15) is 0 Å². The molecule has 1 unspecified atom stereocenters. The summed E-state index contributed by atoms with van der Waals surface area (Å²) in [4.78, 5) is 11.2. The third-order valence-electron chi connectivity index (χ3n) is 2.63. The number of hydrogen-bond donors (Lipinski definition) is 2. The summed E-state index contributed by atoms with van der Waals surface area (Å²) >= 11 is 0. The van der Waals surface area contributed by atoms with E-state index in [1.54, 1.807) is 0 Å². The summed E-state index contributed by atoms with van der Waals surface area (Å²) in [7, 11) is 0. The Kier molecular flexibility index (Phi) is 2.50. The molecule has 2 rings (SSSR count). The first kappa shape index (κ1) is 9.21. The smallest absolute Gasteiger partial charge is 0.226 e. The van der Waals surface area contributed by atoms with Crippen LogP contribution >= 0.6 is 0 Å². The highest BCUT2D eigenvalue weighted by Gasteiger charge is 2.22. The van der Waals surface area contributed by atoms with Crippen molar-refractivity contribution in [3.05, 3.63) is 35.4 Å². The maximum atomic E-state index is 11.2. The molecule has 0 spiro atoms. The summed E-state index contributed by atoms with van der Waals surface area (Å²) in [5, 5.41) is 3.21. The third kappa shape index (κ3) is 1.63. The van der Waals surface area contributed by atoms with Crippen LogP contribution in [0.5, 0.6) is 0 Å². The molecule has 0 bridgehead atoms. The molecule has 3 heteroatoms. The number of rotatable bonds is 1. The van der Waals surface area contributed by atoms with Crippen molar-refractivity contribution in [3.63, 3.8) is 0 Å². The number of nitrogens with two attached hydrogens (primary N) is 1. The largest absolute Gasteiger partial charge is 0.369 e. The van der Waals surface area contributed by atoms with Crippen LogP contribution in [-0.2, 0) is 11.2 Å². The first-order valence-corrected chi connectivity index (χ1v) is 4.78. The molecular formula is C11H13N2O. The lowest BCUT2D eigenvalue weighted by molar-refractivity contribution is -0.119. The van der Waals surface area contributed by atoms with E-state index in [0.29, 0.717) is 6.54 Å².